The normalized spacial score (nSPS) is 12.7. The van der Waals surface area contributed by atoms with E-state index in [0.29, 0.717) is 11.6 Å². The fourth-order valence-electron chi connectivity index (χ4n) is 5.98. The molecule has 0 saturated heterocycles. The van der Waals surface area contributed by atoms with Crippen LogP contribution < -0.4 is 10.9 Å². The molecule has 5 aromatic rings. The van der Waals surface area contributed by atoms with Gasteiger partial charge in [0, 0.05) is 22.9 Å². The van der Waals surface area contributed by atoms with E-state index in [1.54, 1.807) is 30.3 Å². The fraction of sp³-hybridized carbons (Fsp3) is 0.118. The SMILES string of the molecule is O=C(O)CCCS(=O)(=O)c1ccc(S(=O)(=O)O)c(Nc2cc(S(=O)(=O)O)c3[nH]c(=O)c(C(=O)OCc4ccccc4)c4c3c2C(=O)c2ccccc2-4)c1. The van der Waals surface area contributed by atoms with E-state index in [2.05, 4.69) is 10.3 Å². The average molecular weight is 783 g/mol. The van der Waals surface area contributed by atoms with Crippen LogP contribution in [0.3, 0.4) is 0 Å². The Hall–Kier alpha value is -5.73. The van der Waals surface area contributed by atoms with Gasteiger partial charge in [-0.2, -0.15) is 16.8 Å². The molecule has 6 rings (SSSR count). The van der Waals surface area contributed by atoms with Gasteiger partial charge in [0.1, 0.15) is 22.0 Å². The molecule has 1 aromatic heterocycles. The molecule has 1 heterocycles. The van der Waals surface area contributed by atoms with Gasteiger partial charge in [-0.05, 0) is 41.8 Å². The molecule has 0 amide bonds. The lowest BCUT2D eigenvalue weighted by Crippen LogP contribution is -2.26. The van der Waals surface area contributed by atoms with Crippen LogP contribution in [0.4, 0.5) is 11.4 Å². The zero-order chi connectivity index (χ0) is 38.5. The Bertz CT molecular complexity index is 2780. The minimum atomic E-state index is -5.29. The van der Waals surface area contributed by atoms with Gasteiger partial charge in [-0.15, -0.1) is 0 Å². The maximum atomic E-state index is 14.3. The predicted octanol–water partition coefficient (Wildman–Crippen LogP) is 3.97. The number of carbonyl (C=O) groups is 3. The molecule has 0 spiro atoms. The van der Waals surface area contributed by atoms with Gasteiger partial charge in [-0.1, -0.05) is 54.6 Å². The quantitative estimate of drug-likeness (QED) is 0.0868. The summed E-state index contributed by atoms with van der Waals surface area (Å²) in [4.78, 5) is 52.3. The summed E-state index contributed by atoms with van der Waals surface area (Å²) in [6, 6.07) is 17.1. The Balaban J connectivity index is 1.63. The molecule has 1 aliphatic rings. The first-order valence-corrected chi connectivity index (χ1v) is 19.8. The highest BCUT2D eigenvalue weighted by atomic mass is 32.2. The van der Waals surface area contributed by atoms with Crippen LogP contribution >= 0.6 is 0 Å². The van der Waals surface area contributed by atoms with Crippen LogP contribution in [0.2, 0.25) is 0 Å². The molecule has 4 aromatic carbocycles. The zero-order valence-corrected chi connectivity index (χ0v) is 29.3. The maximum absolute atomic E-state index is 14.3. The third-order valence-electron chi connectivity index (χ3n) is 8.28. The summed E-state index contributed by atoms with van der Waals surface area (Å²) in [6.07, 6.45) is -0.805. The molecule has 0 fully saturated rings. The van der Waals surface area contributed by atoms with Gasteiger partial charge in [0.2, 0.25) is 0 Å². The fourth-order valence-corrected chi connectivity index (χ4v) is 8.62. The summed E-state index contributed by atoms with van der Waals surface area (Å²) in [5.74, 6) is -3.93. The maximum Gasteiger partial charge on any atom is 0.344 e. The number of H-pyrrole nitrogens is 1. The summed E-state index contributed by atoms with van der Waals surface area (Å²) in [5.41, 5.74) is -3.81. The number of hydrogen-bond acceptors (Lipinski definition) is 12. The standard InChI is InChI=1S/C34H26N2O14S3/c37-26(38)11-6-14-51(42,43)19-12-13-24(52(44,45)46)22(15-19)35-23-16-25(53(47,48)49)31-29-27(20-9-4-5-10-21(20)32(39)28(23)29)30(33(40)36-31)34(41)50-17-18-7-2-1-3-8-18/h1-5,7-10,12-13,15-16,35H,6,11,14,17H2,(H,36,40)(H,37,38)(H,44,45,46)(H,47,48,49). The van der Waals surface area contributed by atoms with Crippen LogP contribution in [0.1, 0.15) is 44.7 Å². The zero-order valence-electron chi connectivity index (χ0n) is 26.9. The highest BCUT2D eigenvalue weighted by Gasteiger charge is 2.36. The minimum Gasteiger partial charge on any atom is -0.481 e. The number of ether oxygens (including phenoxy) is 1. The Morgan fingerprint density at radius 3 is 2.04 bits per heavy atom. The van der Waals surface area contributed by atoms with Gasteiger partial charge in [-0.3, -0.25) is 23.5 Å². The Morgan fingerprint density at radius 1 is 0.755 bits per heavy atom. The van der Waals surface area contributed by atoms with Crippen molar-refractivity contribution in [1.82, 2.24) is 4.98 Å². The number of ketones is 1. The van der Waals surface area contributed by atoms with Gasteiger partial charge in [-0.25, -0.2) is 13.2 Å². The van der Waals surface area contributed by atoms with Gasteiger partial charge >= 0.3 is 11.9 Å². The van der Waals surface area contributed by atoms with Crippen molar-refractivity contribution in [3.05, 3.63) is 111 Å². The average Bonchev–Trinajstić information content (AvgIpc) is 3.08. The predicted molar refractivity (Wildman–Crippen MR) is 187 cm³/mol. The van der Waals surface area contributed by atoms with Gasteiger partial charge in [0.15, 0.2) is 15.6 Å². The van der Waals surface area contributed by atoms with E-state index in [0.717, 1.165) is 18.2 Å². The summed E-state index contributed by atoms with van der Waals surface area (Å²) < 4.78 is 103. The number of aromatic amines is 1. The van der Waals surface area contributed by atoms with Crippen LogP contribution in [0.15, 0.2) is 98.3 Å². The first-order valence-electron chi connectivity index (χ1n) is 15.3. The number of carboxylic acid groups (broad SMARTS) is 1. The first-order chi connectivity index (χ1) is 24.9. The summed E-state index contributed by atoms with van der Waals surface area (Å²) in [7, 11) is -14.7. The number of benzene rings is 4. The number of aromatic nitrogens is 1. The lowest BCUT2D eigenvalue weighted by molar-refractivity contribution is -0.137. The number of carboxylic acids is 1. The van der Waals surface area contributed by atoms with E-state index in [1.807, 2.05) is 0 Å². The molecule has 0 atom stereocenters. The lowest BCUT2D eigenvalue weighted by atomic mass is 9.81. The van der Waals surface area contributed by atoms with Crippen molar-refractivity contribution in [2.45, 2.75) is 34.1 Å². The largest absolute Gasteiger partial charge is 0.481 e. The van der Waals surface area contributed by atoms with Crippen LogP contribution in [-0.4, -0.2) is 67.9 Å². The second kappa shape index (κ2) is 13.7. The Kier molecular flexibility index (Phi) is 9.56. The molecule has 19 heteroatoms. The number of esters is 1. The number of sulfone groups is 1. The summed E-state index contributed by atoms with van der Waals surface area (Å²) in [5, 5.41) is 11.1. The van der Waals surface area contributed by atoms with Crippen molar-refractivity contribution in [2.24, 2.45) is 0 Å². The number of fused-ring (bicyclic) bond motifs is 2. The summed E-state index contributed by atoms with van der Waals surface area (Å²) >= 11 is 0. The van der Waals surface area contributed by atoms with Crippen molar-refractivity contribution >= 4 is 70.1 Å². The Labute approximate surface area is 300 Å². The third kappa shape index (κ3) is 7.19. The molecular formula is C34H26N2O14S3. The van der Waals surface area contributed by atoms with Crippen LogP contribution in [0.25, 0.3) is 22.0 Å². The van der Waals surface area contributed by atoms with Gasteiger partial charge in [0.25, 0.3) is 25.8 Å². The van der Waals surface area contributed by atoms with Crippen LogP contribution in [-0.2, 0) is 46.2 Å². The van der Waals surface area contributed by atoms with Crippen molar-refractivity contribution < 1.29 is 58.6 Å². The third-order valence-corrected chi connectivity index (χ3v) is 11.9. The molecule has 0 aliphatic heterocycles. The second-order valence-corrected chi connectivity index (χ2v) is 16.6. The molecule has 5 N–H and O–H groups in total. The van der Waals surface area contributed by atoms with E-state index in [1.165, 1.54) is 24.3 Å². The van der Waals surface area contributed by atoms with E-state index in [-0.39, 0.29) is 35.1 Å². The number of carbonyl (C=O) groups excluding carboxylic acids is 2. The first kappa shape index (κ1) is 37.0. The highest BCUT2D eigenvalue weighted by Crippen LogP contribution is 2.46. The smallest absolute Gasteiger partial charge is 0.344 e. The van der Waals surface area contributed by atoms with Crippen molar-refractivity contribution in [3.63, 3.8) is 0 Å². The second-order valence-electron chi connectivity index (χ2n) is 11.7. The van der Waals surface area contributed by atoms with E-state index in [9.17, 15) is 53.5 Å². The molecule has 0 saturated carbocycles. The minimum absolute atomic E-state index is 0.0132. The van der Waals surface area contributed by atoms with Crippen LogP contribution in [0, 0.1) is 0 Å². The molecule has 0 bridgehead atoms. The molecule has 0 unspecified atom stereocenters. The summed E-state index contributed by atoms with van der Waals surface area (Å²) in [6.45, 7) is -0.282. The lowest BCUT2D eigenvalue weighted by Gasteiger charge is -2.25. The van der Waals surface area contributed by atoms with Gasteiger partial charge in [0.05, 0.1) is 33.1 Å². The van der Waals surface area contributed by atoms with Crippen molar-refractivity contribution in [2.75, 3.05) is 11.1 Å². The molecular weight excluding hydrogens is 757 g/mol. The molecule has 16 nitrogen and oxygen atoms in total. The topological polar surface area (TPSA) is 268 Å². The Morgan fingerprint density at radius 2 is 1.40 bits per heavy atom. The number of anilines is 2. The molecule has 1 aliphatic carbocycles. The molecule has 274 valence electrons. The molecule has 53 heavy (non-hydrogen) atoms. The van der Waals surface area contributed by atoms with Crippen molar-refractivity contribution in [3.8, 4) is 11.1 Å². The van der Waals surface area contributed by atoms with Gasteiger partial charge < -0.3 is 20.1 Å². The number of hydrogen-bond donors (Lipinski definition) is 5. The van der Waals surface area contributed by atoms with E-state index >= 15 is 0 Å². The highest BCUT2D eigenvalue weighted by molar-refractivity contribution is 7.91. The van der Waals surface area contributed by atoms with Crippen molar-refractivity contribution in [1.29, 1.82) is 0 Å². The monoisotopic (exact) mass is 782 g/mol. The number of aliphatic carboxylic acids is 1. The number of rotatable bonds is 12. The van der Waals surface area contributed by atoms with E-state index < -0.39 is 108 Å². The molecule has 0 radical (unpaired) electrons. The number of pyridine rings is 1. The van der Waals surface area contributed by atoms with Crippen LogP contribution in [0.5, 0.6) is 0 Å². The van der Waals surface area contributed by atoms with E-state index in [4.69, 9.17) is 9.84 Å². The number of nitrogens with one attached hydrogen (secondary N) is 2.